The monoisotopic (exact) mass is 424 g/mol. The second-order valence-electron chi connectivity index (χ2n) is 5.43. The third-order valence-electron chi connectivity index (χ3n) is 3.63. The summed E-state index contributed by atoms with van der Waals surface area (Å²) < 4.78 is 5.76. The number of aromatic nitrogens is 1. The number of nitrogens with zero attached hydrogens (tertiary/aromatic N) is 2. The zero-order valence-electron chi connectivity index (χ0n) is 13.2. The summed E-state index contributed by atoms with van der Waals surface area (Å²) in [5.41, 5.74) is 1.05. The van der Waals surface area contributed by atoms with Crippen LogP contribution in [0.5, 0.6) is 0 Å². The molecule has 0 aromatic carbocycles. The Hall–Kier alpha value is -0.410. The first kappa shape index (κ1) is 18.6. The quantitative estimate of drug-likeness (QED) is 0.443. The highest BCUT2D eigenvalue weighted by atomic mass is 127. The van der Waals surface area contributed by atoms with Gasteiger partial charge >= 0.3 is 0 Å². The molecule has 0 bridgehead atoms. The minimum Gasteiger partial charge on any atom is -0.373 e. The van der Waals surface area contributed by atoms with Crippen LogP contribution in [-0.2, 0) is 11.3 Å². The Morgan fingerprint density at radius 3 is 2.71 bits per heavy atom. The van der Waals surface area contributed by atoms with Gasteiger partial charge in [0.15, 0.2) is 5.96 Å². The zero-order chi connectivity index (χ0) is 14.6. The van der Waals surface area contributed by atoms with E-state index in [9.17, 15) is 0 Å². The van der Waals surface area contributed by atoms with Gasteiger partial charge in [0, 0.05) is 25.1 Å². The molecule has 1 aromatic rings. The van der Waals surface area contributed by atoms with Gasteiger partial charge in [0.25, 0.3) is 0 Å². The first-order valence-electron chi connectivity index (χ1n) is 7.04. The molecule has 1 aliphatic rings. The highest BCUT2D eigenvalue weighted by Gasteiger charge is 2.29. The molecular weight excluding hydrogens is 399 g/mol. The molecule has 2 N–H and O–H groups in total. The van der Waals surface area contributed by atoms with E-state index in [0.29, 0.717) is 6.54 Å². The number of rotatable bonds is 4. The van der Waals surface area contributed by atoms with Gasteiger partial charge in [-0.15, -0.1) is 35.3 Å². The lowest BCUT2D eigenvalue weighted by atomic mass is 10.0. The maximum absolute atomic E-state index is 5.76. The van der Waals surface area contributed by atoms with Crippen molar-refractivity contribution in [2.75, 3.05) is 20.2 Å². The van der Waals surface area contributed by atoms with E-state index < -0.39 is 0 Å². The minimum atomic E-state index is -0.0635. The fourth-order valence-electron chi connectivity index (χ4n) is 2.24. The highest BCUT2D eigenvalue weighted by molar-refractivity contribution is 14.0. The van der Waals surface area contributed by atoms with Gasteiger partial charge in [-0.25, -0.2) is 4.98 Å². The molecule has 1 atom stereocenters. The Kier molecular flexibility index (Phi) is 7.35. The molecule has 0 radical (unpaired) electrons. The van der Waals surface area contributed by atoms with Crippen LogP contribution < -0.4 is 10.6 Å². The number of guanidine groups is 1. The van der Waals surface area contributed by atoms with Crippen LogP contribution in [0, 0.1) is 13.8 Å². The second-order valence-corrected chi connectivity index (χ2v) is 6.72. The first-order chi connectivity index (χ1) is 9.52. The molecule has 2 rings (SSSR count). The van der Waals surface area contributed by atoms with Gasteiger partial charge in [-0.05, 0) is 33.6 Å². The Labute approximate surface area is 148 Å². The van der Waals surface area contributed by atoms with Crippen molar-refractivity contribution in [2.24, 2.45) is 4.99 Å². The van der Waals surface area contributed by atoms with Crippen molar-refractivity contribution in [3.8, 4) is 0 Å². The molecule has 1 unspecified atom stereocenters. The number of aliphatic imine (C=N–C) groups is 1. The van der Waals surface area contributed by atoms with Crippen LogP contribution in [0.1, 0.15) is 35.3 Å². The van der Waals surface area contributed by atoms with E-state index in [-0.39, 0.29) is 29.6 Å². The molecule has 0 amide bonds. The molecule has 120 valence electrons. The molecule has 7 heteroatoms. The average molecular weight is 424 g/mol. The van der Waals surface area contributed by atoms with Gasteiger partial charge in [-0.2, -0.15) is 0 Å². The van der Waals surface area contributed by atoms with Crippen LogP contribution in [0.3, 0.4) is 0 Å². The van der Waals surface area contributed by atoms with Crippen LogP contribution in [-0.4, -0.2) is 36.7 Å². The van der Waals surface area contributed by atoms with E-state index in [0.717, 1.165) is 42.7 Å². The van der Waals surface area contributed by atoms with Crippen LogP contribution in [0.25, 0.3) is 0 Å². The molecule has 1 fully saturated rings. The van der Waals surface area contributed by atoms with Crippen molar-refractivity contribution in [3.05, 3.63) is 15.6 Å². The fourth-order valence-corrected chi connectivity index (χ4v) is 3.12. The molecule has 2 heterocycles. The Bertz CT molecular complexity index is 464. The third-order valence-corrected chi connectivity index (χ3v) is 4.71. The predicted molar refractivity (Wildman–Crippen MR) is 98.8 cm³/mol. The SMILES string of the molecule is CN=C(NCc1nc(C)c(C)s1)NCC1(C)CCCO1.I. The highest BCUT2D eigenvalue weighted by Crippen LogP contribution is 2.23. The number of hydrogen-bond acceptors (Lipinski definition) is 4. The number of nitrogens with one attached hydrogen (secondary N) is 2. The normalized spacial score (nSPS) is 22.0. The maximum Gasteiger partial charge on any atom is 0.191 e. The van der Waals surface area contributed by atoms with Crippen LogP contribution in [0.4, 0.5) is 0 Å². The Morgan fingerprint density at radius 2 is 2.19 bits per heavy atom. The van der Waals surface area contributed by atoms with Crippen LogP contribution in [0.2, 0.25) is 0 Å². The van der Waals surface area contributed by atoms with Crippen LogP contribution in [0.15, 0.2) is 4.99 Å². The lowest BCUT2D eigenvalue weighted by Crippen LogP contribution is -2.45. The summed E-state index contributed by atoms with van der Waals surface area (Å²) in [5, 5.41) is 7.72. The summed E-state index contributed by atoms with van der Waals surface area (Å²) in [7, 11) is 1.78. The molecule has 21 heavy (non-hydrogen) atoms. The molecule has 0 saturated carbocycles. The number of thiazole rings is 1. The van der Waals surface area contributed by atoms with E-state index in [1.165, 1.54) is 4.88 Å². The van der Waals surface area contributed by atoms with E-state index in [4.69, 9.17) is 4.74 Å². The predicted octanol–water partition coefficient (Wildman–Crippen LogP) is 2.61. The minimum absolute atomic E-state index is 0. The van der Waals surface area contributed by atoms with Crippen molar-refractivity contribution in [2.45, 2.75) is 45.8 Å². The lowest BCUT2D eigenvalue weighted by molar-refractivity contribution is 0.0243. The van der Waals surface area contributed by atoms with Crippen molar-refractivity contribution >= 4 is 41.3 Å². The molecule has 1 aromatic heterocycles. The molecule has 5 nitrogen and oxygen atoms in total. The summed E-state index contributed by atoms with van der Waals surface area (Å²) in [6, 6.07) is 0. The fraction of sp³-hybridized carbons (Fsp3) is 0.714. The molecular formula is C14H25IN4OS. The smallest absolute Gasteiger partial charge is 0.191 e. The molecule has 1 aliphatic heterocycles. The number of ether oxygens (including phenoxy) is 1. The van der Waals surface area contributed by atoms with Crippen molar-refractivity contribution in [3.63, 3.8) is 0 Å². The summed E-state index contributed by atoms with van der Waals surface area (Å²) in [6.45, 7) is 8.64. The van der Waals surface area contributed by atoms with Gasteiger partial charge < -0.3 is 15.4 Å². The Morgan fingerprint density at radius 1 is 1.43 bits per heavy atom. The number of aryl methyl sites for hydroxylation is 2. The standard InChI is InChI=1S/C14H24N4OS.HI/c1-10-11(2)20-12(18-10)8-16-13(15-4)17-9-14(3)6-5-7-19-14;/h5-9H2,1-4H3,(H2,15,16,17);1H. The summed E-state index contributed by atoms with van der Waals surface area (Å²) in [4.78, 5) is 10.0. The maximum atomic E-state index is 5.76. The van der Waals surface area contributed by atoms with Gasteiger partial charge in [0.2, 0.25) is 0 Å². The van der Waals surface area contributed by atoms with Crippen LogP contribution >= 0.6 is 35.3 Å². The topological polar surface area (TPSA) is 58.5 Å². The third kappa shape index (κ3) is 5.37. The zero-order valence-corrected chi connectivity index (χ0v) is 16.3. The van der Waals surface area contributed by atoms with E-state index in [1.807, 2.05) is 6.92 Å². The van der Waals surface area contributed by atoms with Gasteiger partial charge in [0.1, 0.15) is 5.01 Å². The summed E-state index contributed by atoms with van der Waals surface area (Å²) in [6.07, 6.45) is 2.24. The molecule has 0 spiro atoms. The molecule has 0 aliphatic carbocycles. The summed E-state index contributed by atoms with van der Waals surface area (Å²) >= 11 is 1.73. The van der Waals surface area contributed by atoms with Crippen molar-refractivity contribution in [1.29, 1.82) is 0 Å². The lowest BCUT2D eigenvalue weighted by Gasteiger charge is -2.24. The summed E-state index contributed by atoms with van der Waals surface area (Å²) in [5.74, 6) is 0.798. The molecule has 1 saturated heterocycles. The van der Waals surface area contributed by atoms with Gasteiger partial charge in [0.05, 0.1) is 17.8 Å². The van der Waals surface area contributed by atoms with E-state index in [2.05, 4.69) is 34.5 Å². The van der Waals surface area contributed by atoms with E-state index >= 15 is 0 Å². The van der Waals surface area contributed by atoms with Gasteiger partial charge in [-0.1, -0.05) is 0 Å². The number of halogens is 1. The first-order valence-corrected chi connectivity index (χ1v) is 7.85. The van der Waals surface area contributed by atoms with Crippen molar-refractivity contribution in [1.82, 2.24) is 15.6 Å². The largest absolute Gasteiger partial charge is 0.373 e. The number of hydrogen-bond donors (Lipinski definition) is 2. The van der Waals surface area contributed by atoms with E-state index in [1.54, 1.807) is 18.4 Å². The average Bonchev–Trinajstić information content (AvgIpc) is 2.98. The second kappa shape index (κ2) is 8.28. The Balaban J connectivity index is 0.00000220. The van der Waals surface area contributed by atoms with Gasteiger partial charge in [-0.3, -0.25) is 4.99 Å². The van der Waals surface area contributed by atoms with Crippen molar-refractivity contribution < 1.29 is 4.74 Å².